The third kappa shape index (κ3) is 4.32. The molecular weight excluding hydrogens is 295 g/mol. The van der Waals surface area contributed by atoms with Gasteiger partial charge in [-0.2, -0.15) is 0 Å². The van der Waals surface area contributed by atoms with Crippen LogP contribution in [0.1, 0.15) is 19.8 Å². The van der Waals surface area contributed by atoms with Crippen LogP contribution in [0.25, 0.3) is 0 Å². The van der Waals surface area contributed by atoms with Crippen LogP contribution in [-0.4, -0.2) is 37.2 Å². The van der Waals surface area contributed by atoms with Gasteiger partial charge in [0.1, 0.15) is 0 Å². The molecule has 0 spiro atoms. The second-order valence-electron chi connectivity index (χ2n) is 5.21. The molecule has 21 heavy (non-hydrogen) atoms. The number of amides is 2. The van der Waals surface area contributed by atoms with Crippen molar-refractivity contribution in [3.63, 3.8) is 0 Å². The topological polar surface area (TPSA) is 41.6 Å². The molecule has 116 valence electrons. The van der Waals surface area contributed by atoms with Crippen molar-refractivity contribution in [1.82, 2.24) is 4.90 Å². The van der Waals surface area contributed by atoms with Gasteiger partial charge in [-0.15, -0.1) is 0 Å². The van der Waals surface area contributed by atoms with Gasteiger partial charge in [0.2, 0.25) is 0 Å². The van der Waals surface area contributed by atoms with Crippen LogP contribution in [0, 0.1) is 11.7 Å². The van der Waals surface area contributed by atoms with E-state index < -0.39 is 5.82 Å². The van der Waals surface area contributed by atoms with Gasteiger partial charge >= 0.3 is 6.03 Å². The van der Waals surface area contributed by atoms with E-state index in [4.69, 9.17) is 16.3 Å². The minimum atomic E-state index is -0.604. The largest absolute Gasteiger partial charge is 0.381 e. The van der Waals surface area contributed by atoms with Crippen LogP contribution in [0.15, 0.2) is 18.2 Å². The van der Waals surface area contributed by atoms with E-state index >= 15 is 0 Å². The lowest BCUT2D eigenvalue weighted by molar-refractivity contribution is 0.169. The smallest absolute Gasteiger partial charge is 0.321 e. The highest BCUT2D eigenvalue weighted by Crippen LogP contribution is 2.22. The lowest BCUT2D eigenvalue weighted by Crippen LogP contribution is -2.39. The predicted molar refractivity (Wildman–Crippen MR) is 81.2 cm³/mol. The van der Waals surface area contributed by atoms with Crippen LogP contribution in [-0.2, 0) is 4.74 Å². The normalized spacial score (nSPS) is 17.8. The molecule has 1 atom stereocenters. The van der Waals surface area contributed by atoms with Crippen molar-refractivity contribution in [2.45, 2.75) is 19.8 Å². The van der Waals surface area contributed by atoms with Crippen LogP contribution in [0.4, 0.5) is 14.9 Å². The second-order valence-corrected chi connectivity index (χ2v) is 5.61. The monoisotopic (exact) mass is 314 g/mol. The average molecular weight is 315 g/mol. The van der Waals surface area contributed by atoms with Gasteiger partial charge < -0.3 is 15.0 Å². The zero-order valence-electron chi connectivity index (χ0n) is 12.1. The molecule has 4 nitrogen and oxygen atoms in total. The van der Waals surface area contributed by atoms with Crippen molar-refractivity contribution in [3.05, 3.63) is 29.0 Å². The van der Waals surface area contributed by atoms with E-state index in [1.54, 1.807) is 11.0 Å². The van der Waals surface area contributed by atoms with Crippen molar-refractivity contribution in [2.24, 2.45) is 5.92 Å². The van der Waals surface area contributed by atoms with Crippen LogP contribution < -0.4 is 5.32 Å². The summed E-state index contributed by atoms with van der Waals surface area (Å²) in [5, 5.41) is 2.60. The number of anilines is 1. The third-order valence-electron chi connectivity index (χ3n) is 3.48. The molecule has 1 aromatic carbocycles. The number of urea groups is 1. The van der Waals surface area contributed by atoms with E-state index in [0.29, 0.717) is 25.6 Å². The first-order valence-electron chi connectivity index (χ1n) is 7.19. The molecule has 0 aliphatic carbocycles. The van der Waals surface area contributed by atoms with Crippen LogP contribution in [0.5, 0.6) is 0 Å². The Bertz CT molecular complexity index is 493. The standard InChI is InChI=1S/C15H20ClFN2O2/c1-2-7-19(9-11-6-8-21-10-11)15(20)18-13-5-3-4-12(16)14(13)17/h3-5,11H,2,6-10H2,1H3,(H,18,20). The summed E-state index contributed by atoms with van der Waals surface area (Å²) in [7, 11) is 0. The SMILES string of the molecule is CCCN(CC1CCOC1)C(=O)Nc1cccc(Cl)c1F. The number of carbonyl (C=O) groups is 1. The van der Waals surface area contributed by atoms with Crippen molar-refractivity contribution in [3.8, 4) is 0 Å². The van der Waals surface area contributed by atoms with E-state index in [0.717, 1.165) is 19.4 Å². The Morgan fingerprint density at radius 2 is 2.38 bits per heavy atom. The summed E-state index contributed by atoms with van der Waals surface area (Å²) < 4.78 is 19.2. The number of carbonyl (C=O) groups excluding carboxylic acids is 1. The molecule has 1 unspecified atom stereocenters. The van der Waals surface area contributed by atoms with Crippen molar-refractivity contribution in [1.29, 1.82) is 0 Å². The molecule has 6 heteroatoms. The maximum Gasteiger partial charge on any atom is 0.321 e. The van der Waals surface area contributed by atoms with Gasteiger partial charge in [-0.25, -0.2) is 9.18 Å². The quantitative estimate of drug-likeness (QED) is 0.899. The Morgan fingerprint density at radius 1 is 1.57 bits per heavy atom. The summed E-state index contributed by atoms with van der Waals surface area (Å²) >= 11 is 5.72. The molecule has 1 fully saturated rings. The first-order valence-corrected chi connectivity index (χ1v) is 7.57. The number of hydrogen-bond donors (Lipinski definition) is 1. The second kappa shape index (κ2) is 7.61. The molecule has 0 bridgehead atoms. The molecule has 2 rings (SSSR count). The van der Waals surface area contributed by atoms with Gasteiger partial charge in [0.05, 0.1) is 17.3 Å². The van der Waals surface area contributed by atoms with Crippen molar-refractivity contribution >= 4 is 23.3 Å². The number of nitrogens with one attached hydrogen (secondary N) is 1. The Kier molecular flexibility index (Phi) is 5.82. The minimum absolute atomic E-state index is 0.000894. The number of ether oxygens (including phenoxy) is 1. The zero-order valence-corrected chi connectivity index (χ0v) is 12.8. The van der Waals surface area contributed by atoms with Crippen LogP contribution >= 0.6 is 11.6 Å². The van der Waals surface area contributed by atoms with Crippen LogP contribution in [0.2, 0.25) is 5.02 Å². The molecule has 2 amide bonds. The molecule has 1 aliphatic rings. The summed E-state index contributed by atoms with van der Waals surface area (Å²) in [4.78, 5) is 14.0. The van der Waals surface area contributed by atoms with Gasteiger partial charge in [-0.1, -0.05) is 24.6 Å². The highest BCUT2D eigenvalue weighted by Gasteiger charge is 2.22. The van der Waals surface area contributed by atoms with E-state index in [1.807, 2.05) is 6.92 Å². The summed E-state index contributed by atoms with van der Waals surface area (Å²) in [5.74, 6) is -0.250. The van der Waals surface area contributed by atoms with E-state index in [-0.39, 0.29) is 16.7 Å². The fourth-order valence-corrected chi connectivity index (χ4v) is 2.55. The molecule has 1 aliphatic heterocycles. The first kappa shape index (κ1) is 16.0. The zero-order chi connectivity index (χ0) is 15.2. The van der Waals surface area contributed by atoms with Gasteiger partial charge in [0.25, 0.3) is 0 Å². The Balaban J connectivity index is 2.01. The molecule has 0 aromatic heterocycles. The minimum Gasteiger partial charge on any atom is -0.381 e. The Hall–Kier alpha value is -1.33. The third-order valence-corrected chi connectivity index (χ3v) is 3.77. The van der Waals surface area contributed by atoms with Gasteiger partial charge in [0, 0.05) is 25.6 Å². The lowest BCUT2D eigenvalue weighted by atomic mass is 10.1. The number of halogens is 2. The summed E-state index contributed by atoms with van der Waals surface area (Å²) in [6.07, 6.45) is 1.80. The fraction of sp³-hybridized carbons (Fsp3) is 0.533. The number of hydrogen-bond acceptors (Lipinski definition) is 2. The van der Waals surface area contributed by atoms with Crippen molar-refractivity contribution in [2.75, 3.05) is 31.6 Å². The number of rotatable bonds is 5. The highest BCUT2D eigenvalue weighted by molar-refractivity contribution is 6.31. The molecule has 0 radical (unpaired) electrons. The predicted octanol–water partition coefficient (Wildman–Crippen LogP) is 3.76. The van der Waals surface area contributed by atoms with Gasteiger partial charge in [0.15, 0.2) is 5.82 Å². The number of nitrogens with zero attached hydrogens (tertiary/aromatic N) is 1. The maximum absolute atomic E-state index is 13.8. The summed E-state index contributed by atoms with van der Waals surface area (Å²) in [6, 6.07) is 4.26. The summed E-state index contributed by atoms with van der Waals surface area (Å²) in [6.45, 7) is 4.69. The molecule has 1 aromatic rings. The lowest BCUT2D eigenvalue weighted by Gasteiger charge is -2.25. The highest BCUT2D eigenvalue weighted by atomic mass is 35.5. The van der Waals surface area contributed by atoms with E-state index in [2.05, 4.69) is 5.32 Å². The molecule has 1 heterocycles. The molecular formula is C15H20ClFN2O2. The van der Waals surface area contributed by atoms with E-state index in [1.165, 1.54) is 12.1 Å². The van der Waals surface area contributed by atoms with Crippen LogP contribution in [0.3, 0.4) is 0 Å². The van der Waals surface area contributed by atoms with Gasteiger partial charge in [-0.3, -0.25) is 0 Å². The maximum atomic E-state index is 13.8. The summed E-state index contributed by atoms with van der Waals surface area (Å²) in [5.41, 5.74) is 0.108. The van der Waals surface area contributed by atoms with E-state index in [9.17, 15) is 9.18 Å². The molecule has 0 saturated carbocycles. The molecule has 1 N–H and O–H groups in total. The number of benzene rings is 1. The first-order chi connectivity index (χ1) is 10.1. The van der Waals surface area contributed by atoms with Gasteiger partial charge in [-0.05, 0) is 25.0 Å². The Labute approximate surface area is 129 Å². The van der Waals surface area contributed by atoms with Crippen molar-refractivity contribution < 1.29 is 13.9 Å². The molecule has 1 saturated heterocycles. The fourth-order valence-electron chi connectivity index (χ4n) is 2.38. The Morgan fingerprint density at radius 3 is 3.05 bits per heavy atom. The average Bonchev–Trinajstić information content (AvgIpc) is 2.96.